The Hall–Kier alpha value is -3.17. The maximum Gasteiger partial charge on any atom is 0.409 e. The van der Waals surface area contributed by atoms with Gasteiger partial charge in [-0.2, -0.15) is 0 Å². The fourth-order valence-corrected chi connectivity index (χ4v) is 4.03. The van der Waals surface area contributed by atoms with E-state index >= 15 is 0 Å². The molecule has 1 aliphatic rings. The normalized spacial score (nSPS) is 13.7. The highest BCUT2D eigenvalue weighted by molar-refractivity contribution is 5.76. The van der Waals surface area contributed by atoms with Gasteiger partial charge in [0.25, 0.3) is 0 Å². The lowest BCUT2D eigenvalue weighted by Crippen LogP contribution is -2.42. The van der Waals surface area contributed by atoms with Crippen molar-refractivity contribution < 1.29 is 33.7 Å². The van der Waals surface area contributed by atoms with Crippen molar-refractivity contribution in [2.24, 2.45) is 11.8 Å². The highest BCUT2D eigenvalue weighted by atomic mass is 16.7. The Morgan fingerprint density at radius 1 is 1.11 bits per heavy atom. The predicted molar refractivity (Wildman–Crippen MR) is 135 cm³/mol. The van der Waals surface area contributed by atoms with Crippen LogP contribution in [0.25, 0.3) is 0 Å². The van der Waals surface area contributed by atoms with Crippen LogP contribution in [0.2, 0.25) is 0 Å². The lowest BCUT2D eigenvalue weighted by molar-refractivity contribution is -0.137. The van der Waals surface area contributed by atoms with Crippen LogP contribution in [0.1, 0.15) is 71.4 Å². The van der Waals surface area contributed by atoms with Crippen molar-refractivity contribution in [2.45, 2.75) is 65.8 Å². The van der Waals surface area contributed by atoms with Crippen LogP contribution in [-0.4, -0.2) is 61.1 Å². The van der Waals surface area contributed by atoms with Crippen LogP contribution in [-0.2, 0) is 9.53 Å². The number of carboxylic acid groups (broad SMARTS) is 1. The molecule has 3 N–H and O–H groups in total. The summed E-state index contributed by atoms with van der Waals surface area (Å²) < 4.78 is 16.0. The first kappa shape index (κ1) is 29.1. The Balaban J connectivity index is 1.81. The van der Waals surface area contributed by atoms with Crippen molar-refractivity contribution >= 4 is 18.1 Å². The van der Waals surface area contributed by atoms with Gasteiger partial charge in [-0.1, -0.05) is 53.0 Å². The maximum atomic E-state index is 12.7. The number of nitrogens with zero attached hydrogens (tertiary/aromatic N) is 1. The molecular weight excluding hydrogens is 466 g/mol. The van der Waals surface area contributed by atoms with Crippen molar-refractivity contribution in [3.63, 3.8) is 0 Å². The number of hydrogen-bond acceptors (Lipinski definition) is 6. The smallest absolute Gasteiger partial charge is 0.409 e. The van der Waals surface area contributed by atoms with E-state index in [2.05, 4.69) is 38.3 Å². The van der Waals surface area contributed by atoms with Crippen LogP contribution in [0.4, 0.5) is 9.59 Å². The van der Waals surface area contributed by atoms with Crippen LogP contribution >= 0.6 is 0 Å². The summed E-state index contributed by atoms with van der Waals surface area (Å²) in [6.07, 6.45) is 3.88. The minimum atomic E-state index is -1.05. The molecule has 10 heteroatoms. The molecule has 0 aromatic heterocycles. The molecule has 2 unspecified atom stereocenters. The zero-order valence-electron chi connectivity index (χ0n) is 21.9. The van der Waals surface area contributed by atoms with Gasteiger partial charge in [0.2, 0.25) is 6.79 Å². The highest BCUT2D eigenvalue weighted by Gasteiger charge is 2.22. The molecule has 0 bridgehead atoms. The van der Waals surface area contributed by atoms with E-state index in [9.17, 15) is 19.5 Å². The van der Waals surface area contributed by atoms with Gasteiger partial charge in [-0.05, 0) is 36.0 Å². The summed E-state index contributed by atoms with van der Waals surface area (Å²) >= 11 is 0. The third-order valence-electron chi connectivity index (χ3n) is 5.77. The van der Waals surface area contributed by atoms with Crippen molar-refractivity contribution in [3.05, 3.63) is 23.8 Å². The number of unbranched alkanes of at least 4 members (excludes halogenated alkanes) is 2. The molecular formula is C26H41N3O7. The Bertz CT molecular complexity index is 862. The Morgan fingerprint density at radius 2 is 1.86 bits per heavy atom. The average Bonchev–Trinajstić information content (AvgIpc) is 3.28. The minimum Gasteiger partial charge on any atom is -0.481 e. The molecule has 0 saturated carbocycles. The van der Waals surface area contributed by atoms with E-state index in [1.807, 2.05) is 0 Å². The molecule has 0 aliphatic carbocycles. The largest absolute Gasteiger partial charge is 0.481 e. The molecule has 1 heterocycles. The van der Waals surface area contributed by atoms with Gasteiger partial charge in [-0.3, -0.25) is 4.79 Å². The number of fused-ring (bicyclic) bond motifs is 1. The van der Waals surface area contributed by atoms with Crippen LogP contribution in [0.3, 0.4) is 0 Å². The fourth-order valence-electron chi connectivity index (χ4n) is 4.03. The maximum absolute atomic E-state index is 12.7. The van der Waals surface area contributed by atoms with E-state index < -0.39 is 24.1 Å². The molecule has 0 spiro atoms. The lowest BCUT2D eigenvalue weighted by Gasteiger charge is -2.27. The Kier molecular flexibility index (Phi) is 12.2. The van der Waals surface area contributed by atoms with Gasteiger partial charge in [-0.15, -0.1) is 0 Å². The molecule has 0 saturated heterocycles. The van der Waals surface area contributed by atoms with Crippen molar-refractivity contribution in [1.29, 1.82) is 0 Å². The number of hydrogen-bond donors (Lipinski definition) is 3. The topological polar surface area (TPSA) is 126 Å². The number of rotatable bonds is 15. The predicted octanol–water partition coefficient (Wildman–Crippen LogP) is 4.54. The molecule has 2 atom stereocenters. The third kappa shape index (κ3) is 10.2. The van der Waals surface area contributed by atoms with E-state index in [0.717, 1.165) is 12.8 Å². The lowest BCUT2D eigenvalue weighted by atomic mass is 10.0. The molecule has 10 nitrogen and oxygen atoms in total. The number of benzene rings is 1. The third-order valence-corrected chi connectivity index (χ3v) is 5.77. The second-order valence-electron chi connectivity index (χ2n) is 9.68. The summed E-state index contributed by atoms with van der Waals surface area (Å²) in [4.78, 5) is 38.1. The molecule has 36 heavy (non-hydrogen) atoms. The molecule has 0 fully saturated rings. The van der Waals surface area contributed by atoms with E-state index in [1.54, 1.807) is 23.1 Å². The summed E-state index contributed by atoms with van der Waals surface area (Å²) in [5.41, 5.74) is 0.584. The number of amides is 3. The van der Waals surface area contributed by atoms with Crippen LogP contribution in [0.5, 0.6) is 11.5 Å². The highest BCUT2D eigenvalue weighted by Crippen LogP contribution is 2.34. The van der Waals surface area contributed by atoms with Crippen molar-refractivity contribution in [3.8, 4) is 11.5 Å². The molecule has 1 aliphatic heterocycles. The zero-order valence-corrected chi connectivity index (χ0v) is 21.9. The SMILES string of the molecule is CCCCCC(C)CN(CC(C)C)C(=O)OCCNC(=O)NC(CC(=O)O)c1ccc2c(c1)OCO2. The number of aliphatic carboxylic acids is 1. The summed E-state index contributed by atoms with van der Waals surface area (Å²) in [7, 11) is 0. The quantitative estimate of drug-likeness (QED) is 0.298. The van der Waals surface area contributed by atoms with Gasteiger partial charge in [0.05, 0.1) is 19.0 Å². The van der Waals surface area contributed by atoms with Crippen molar-refractivity contribution in [2.75, 3.05) is 33.0 Å². The molecule has 1 aromatic rings. The standard InChI is InChI=1S/C26H41N3O7/c1-5-6-7-8-19(4)16-29(15-18(2)3)26(33)34-12-11-27-25(32)28-21(14-24(30)31)20-9-10-22-23(13-20)36-17-35-22/h9-10,13,18-19,21H,5-8,11-12,14-17H2,1-4H3,(H,30,31)(H2,27,28,32). The number of nitrogens with one attached hydrogen (secondary N) is 2. The first-order chi connectivity index (χ1) is 17.2. The second-order valence-corrected chi connectivity index (χ2v) is 9.68. The Morgan fingerprint density at radius 3 is 2.56 bits per heavy atom. The first-order valence-corrected chi connectivity index (χ1v) is 12.8. The van der Waals surface area contributed by atoms with Crippen LogP contribution < -0.4 is 20.1 Å². The first-order valence-electron chi connectivity index (χ1n) is 12.8. The number of urea groups is 1. The molecule has 0 radical (unpaired) electrons. The van der Waals surface area contributed by atoms with E-state index in [-0.39, 0.29) is 26.4 Å². The van der Waals surface area contributed by atoms with Gasteiger partial charge < -0.3 is 34.9 Å². The zero-order chi connectivity index (χ0) is 26.5. The Labute approximate surface area is 213 Å². The summed E-state index contributed by atoms with van der Waals surface area (Å²) in [6, 6.07) is 3.70. The van der Waals surface area contributed by atoms with Gasteiger partial charge in [0.15, 0.2) is 11.5 Å². The van der Waals surface area contributed by atoms with E-state index in [1.165, 1.54) is 12.8 Å². The molecule has 3 amide bonds. The monoisotopic (exact) mass is 507 g/mol. The van der Waals surface area contributed by atoms with Gasteiger partial charge in [0, 0.05) is 13.1 Å². The minimum absolute atomic E-state index is 0.0126. The number of ether oxygens (including phenoxy) is 3. The fraction of sp³-hybridized carbons (Fsp3) is 0.654. The molecule has 2 rings (SSSR count). The summed E-state index contributed by atoms with van der Waals surface area (Å²) in [5, 5.41) is 14.6. The van der Waals surface area contributed by atoms with Crippen LogP contribution in [0.15, 0.2) is 18.2 Å². The number of carbonyl (C=O) groups is 3. The van der Waals surface area contributed by atoms with Gasteiger partial charge >= 0.3 is 18.1 Å². The summed E-state index contributed by atoms with van der Waals surface area (Å²) in [6.45, 7) is 9.89. The van der Waals surface area contributed by atoms with Crippen molar-refractivity contribution in [1.82, 2.24) is 15.5 Å². The van der Waals surface area contributed by atoms with E-state index in [0.29, 0.717) is 42.0 Å². The number of carboxylic acids is 1. The second kappa shape index (κ2) is 15.1. The van der Waals surface area contributed by atoms with Crippen LogP contribution in [0, 0.1) is 11.8 Å². The van der Waals surface area contributed by atoms with Gasteiger partial charge in [-0.25, -0.2) is 9.59 Å². The van der Waals surface area contributed by atoms with Gasteiger partial charge in [0.1, 0.15) is 6.61 Å². The van der Waals surface area contributed by atoms with E-state index in [4.69, 9.17) is 14.2 Å². The summed E-state index contributed by atoms with van der Waals surface area (Å²) in [5.74, 6) is 0.713. The number of carbonyl (C=O) groups excluding carboxylic acids is 2. The molecule has 202 valence electrons. The molecule has 1 aromatic carbocycles. The average molecular weight is 508 g/mol.